The van der Waals surface area contributed by atoms with Gasteiger partial charge in [0.2, 0.25) is 0 Å². The highest BCUT2D eigenvalue weighted by Gasteiger charge is 2.28. The van der Waals surface area contributed by atoms with Crippen molar-refractivity contribution in [2.24, 2.45) is 0 Å². The molecule has 38 heavy (non-hydrogen) atoms. The summed E-state index contributed by atoms with van der Waals surface area (Å²) in [6, 6.07) is 18.3. The maximum atomic E-state index is 13.9. The minimum Gasteiger partial charge on any atom is -0.462 e. The molecule has 192 valence electrons. The van der Waals surface area contributed by atoms with E-state index < -0.39 is 5.97 Å². The van der Waals surface area contributed by atoms with Crippen LogP contribution in [-0.2, 0) is 4.74 Å². The number of piperidine rings is 1. The second-order valence-electron chi connectivity index (χ2n) is 9.38. The van der Waals surface area contributed by atoms with E-state index in [4.69, 9.17) is 4.74 Å². The van der Waals surface area contributed by atoms with Gasteiger partial charge in [-0.2, -0.15) is 9.61 Å². The minimum absolute atomic E-state index is 0.125. The number of ether oxygens (including phenoxy) is 1. The molecule has 1 saturated heterocycles. The predicted octanol–water partition coefficient (Wildman–Crippen LogP) is 5.15. The fraction of sp³-hybridized carbons (Fsp3) is 0.241. The molecule has 6 rings (SSSR count). The number of nitrogens with one attached hydrogen (secondary N) is 2. The Labute approximate surface area is 219 Å². The number of H-pyrrole nitrogens is 1. The van der Waals surface area contributed by atoms with Gasteiger partial charge in [-0.05, 0) is 43.4 Å². The standard InChI is InChI=1S/C29H28N6O3/c1-2-38-29(37)23-18-32-35-26(23)31-17-22(27(35)33-24-10-6-9-21-11-14-30-25(21)24)28(36)34-15-12-20(13-16-34)19-7-4-3-5-8-19/h3-11,14,17-18,20,30,33H,2,12-13,15-16H2,1H3. The Balaban J connectivity index is 1.36. The molecule has 0 radical (unpaired) electrons. The zero-order valence-electron chi connectivity index (χ0n) is 21.1. The summed E-state index contributed by atoms with van der Waals surface area (Å²) in [5.74, 6) is 0.250. The van der Waals surface area contributed by atoms with E-state index in [0.717, 1.165) is 29.4 Å². The molecule has 0 saturated carbocycles. The number of rotatable bonds is 6. The molecule has 0 aliphatic carbocycles. The summed E-state index contributed by atoms with van der Waals surface area (Å²) in [5.41, 5.74) is 3.95. The van der Waals surface area contributed by atoms with Gasteiger partial charge in [0, 0.05) is 30.9 Å². The number of benzene rings is 2. The number of hydrogen-bond donors (Lipinski definition) is 2. The third kappa shape index (κ3) is 4.26. The van der Waals surface area contributed by atoms with Crippen molar-refractivity contribution >= 4 is 39.9 Å². The average Bonchev–Trinajstić information content (AvgIpc) is 3.62. The van der Waals surface area contributed by atoms with Crippen molar-refractivity contribution < 1.29 is 14.3 Å². The maximum Gasteiger partial charge on any atom is 0.343 e. The smallest absolute Gasteiger partial charge is 0.343 e. The van der Waals surface area contributed by atoms with Crippen LogP contribution >= 0.6 is 0 Å². The van der Waals surface area contributed by atoms with Crippen molar-refractivity contribution in [3.63, 3.8) is 0 Å². The first kappa shape index (κ1) is 23.7. The van der Waals surface area contributed by atoms with Gasteiger partial charge in [0.05, 0.1) is 24.0 Å². The Bertz CT molecular complexity index is 1620. The van der Waals surface area contributed by atoms with Crippen molar-refractivity contribution in [2.75, 3.05) is 25.0 Å². The minimum atomic E-state index is -0.505. The summed E-state index contributed by atoms with van der Waals surface area (Å²) in [7, 11) is 0. The first-order valence-electron chi connectivity index (χ1n) is 12.8. The van der Waals surface area contributed by atoms with Gasteiger partial charge in [-0.3, -0.25) is 4.79 Å². The lowest BCUT2D eigenvalue weighted by atomic mass is 9.89. The molecule has 4 heterocycles. The van der Waals surface area contributed by atoms with Gasteiger partial charge in [0.1, 0.15) is 16.9 Å². The molecule has 3 aromatic heterocycles. The van der Waals surface area contributed by atoms with Crippen LogP contribution in [0, 0.1) is 0 Å². The van der Waals surface area contributed by atoms with Gasteiger partial charge in [0.15, 0.2) is 5.65 Å². The average molecular weight is 509 g/mol. The highest BCUT2D eigenvalue weighted by molar-refractivity contribution is 6.02. The number of nitrogens with zero attached hydrogens (tertiary/aromatic N) is 4. The molecular formula is C29H28N6O3. The quantitative estimate of drug-likeness (QED) is 0.307. The van der Waals surface area contributed by atoms with Crippen LogP contribution in [0.1, 0.15) is 52.0 Å². The Kier molecular flexibility index (Phi) is 6.25. The summed E-state index contributed by atoms with van der Waals surface area (Å²) >= 11 is 0. The van der Waals surface area contributed by atoms with Gasteiger partial charge < -0.3 is 19.9 Å². The zero-order valence-corrected chi connectivity index (χ0v) is 21.1. The largest absolute Gasteiger partial charge is 0.462 e. The van der Waals surface area contributed by atoms with Crippen LogP contribution in [0.25, 0.3) is 16.6 Å². The molecule has 9 heteroatoms. The van der Waals surface area contributed by atoms with E-state index >= 15 is 0 Å². The summed E-state index contributed by atoms with van der Waals surface area (Å²) in [6.45, 7) is 3.29. The number of carbonyl (C=O) groups is 2. The second kappa shape index (κ2) is 10.0. The summed E-state index contributed by atoms with van der Waals surface area (Å²) in [5, 5.41) is 8.88. The number of anilines is 2. The van der Waals surface area contributed by atoms with Crippen molar-refractivity contribution in [1.29, 1.82) is 0 Å². The second-order valence-corrected chi connectivity index (χ2v) is 9.38. The lowest BCUT2D eigenvalue weighted by molar-refractivity contribution is 0.0528. The van der Waals surface area contributed by atoms with Gasteiger partial charge in [0.25, 0.3) is 5.91 Å². The summed E-state index contributed by atoms with van der Waals surface area (Å²) < 4.78 is 6.70. The zero-order chi connectivity index (χ0) is 26.1. The monoisotopic (exact) mass is 508 g/mol. The molecule has 2 aromatic carbocycles. The number of fused-ring (bicyclic) bond motifs is 2. The molecule has 0 bridgehead atoms. The van der Waals surface area contributed by atoms with Crippen LogP contribution in [0.5, 0.6) is 0 Å². The van der Waals surface area contributed by atoms with Gasteiger partial charge >= 0.3 is 5.97 Å². The van der Waals surface area contributed by atoms with E-state index in [1.54, 1.807) is 6.92 Å². The molecule has 0 spiro atoms. The third-order valence-corrected chi connectivity index (χ3v) is 7.15. The Morgan fingerprint density at radius 2 is 1.84 bits per heavy atom. The molecule has 5 aromatic rings. The summed E-state index contributed by atoms with van der Waals surface area (Å²) in [4.78, 5) is 36.0. The van der Waals surface area contributed by atoms with E-state index in [1.807, 2.05) is 41.4 Å². The fourth-order valence-electron chi connectivity index (χ4n) is 5.19. The number of hydrogen-bond acceptors (Lipinski definition) is 6. The Morgan fingerprint density at radius 3 is 2.63 bits per heavy atom. The molecule has 2 N–H and O–H groups in total. The molecule has 9 nitrogen and oxygen atoms in total. The lowest BCUT2D eigenvalue weighted by Gasteiger charge is -2.32. The fourth-order valence-corrected chi connectivity index (χ4v) is 5.19. The number of esters is 1. The SMILES string of the molecule is CCOC(=O)c1cnn2c(Nc3cccc4cc[nH]c34)c(C(=O)N3CCC(c4ccccc4)CC3)cnc12. The van der Waals surface area contributed by atoms with Crippen LogP contribution in [0.3, 0.4) is 0 Å². The van der Waals surface area contributed by atoms with Crippen molar-refractivity contribution in [3.8, 4) is 0 Å². The first-order chi connectivity index (χ1) is 18.6. The molecule has 0 unspecified atom stereocenters. The maximum absolute atomic E-state index is 13.9. The molecule has 1 aliphatic rings. The van der Waals surface area contributed by atoms with E-state index in [-0.39, 0.29) is 18.1 Å². The van der Waals surface area contributed by atoms with Gasteiger partial charge in [-0.25, -0.2) is 9.78 Å². The van der Waals surface area contributed by atoms with Crippen LogP contribution in [0.15, 0.2) is 73.2 Å². The summed E-state index contributed by atoms with van der Waals surface area (Å²) in [6.07, 6.45) is 6.62. The van der Waals surface area contributed by atoms with Crippen LogP contribution in [0.4, 0.5) is 11.5 Å². The molecule has 1 amide bonds. The van der Waals surface area contributed by atoms with Crippen molar-refractivity contribution in [1.82, 2.24) is 24.5 Å². The van der Waals surface area contributed by atoms with Gasteiger partial charge in [-0.15, -0.1) is 0 Å². The number of aromatic nitrogens is 4. The van der Waals surface area contributed by atoms with Crippen molar-refractivity contribution in [2.45, 2.75) is 25.7 Å². The predicted molar refractivity (Wildman–Crippen MR) is 145 cm³/mol. The number of carbonyl (C=O) groups excluding carboxylic acids is 2. The van der Waals surface area contributed by atoms with Crippen LogP contribution in [0.2, 0.25) is 0 Å². The normalized spacial score (nSPS) is 14.2. The molecular weight excluding hydrogens is 480 g/mol. The number of likely N-dealkylation sites (tertiary alicyclic amines) is 1. The topological polar surface area (TPSA) is 105 Å². The number of para-hydroxylation sites is 1. The molecule has 0 atom stereocenters. The third-order valence-electron chi connectivity index (χ3n) is 7.15. The van der Waals surface area contributed by atoms with Crippen molar-refractivity contribution in [3.05, 3.63) is 89.9 Å². The highest BCUT2D eigenvalue weighted by atomic mass is 16.5. The lowest BCUT2D eigenvalue weighted by Crippen LogP contribution is -2.38. The van der Waals surface area contributed by atoms with E-state index in [2.05, 4.69) is 44.6 Å². The number of amides is 1. The van der Waals surface area contributed by atoms with Crippen LogP contribution in [-0.4, -0.2) is 56.1 Å². The Hall–Kier alpha value is -4.66. The van der Waals surface area contributed by atoms with Crippen LogP contribution < -0.4 is 5.32 Å². The van der Waals surface area contributed by atoms with E-state index in [1.165, 1.54) is 22.5 Å². The Morgan fingerprint density at radius 1 is 1.03 bits per heavy atom. The van der Waals surface area contributed by atoms with E-state index in [9.17, 15) is 9.59 Å². The first-order valence-corrected chi connectivity index (χ1v) is 12.8. The number of aromatic amines is 1. The molecule has 1 aliphatic heterocycles. The highest BCUT2D eigenvalue weighted by Crippen LogP contribution is 2.31. The molecule has 1 fully saturated rings. The van der Waals surface area contributed by atoms with E-state index in [0.29, 0.717) is 36.0 Å². The van der Waals surface area contributed by atoms with Gasteiger partial charge in [-0.1, -0.05) is 42.5 Å².